The number of rotatable bonds is 5. The molecule has 7 heteroatoms. The molecule has 120 valence electrons. The molecule has 2 rings (SSSR count). The highest BCUT2D eigenvalue weighted by Crippen LogP contribution is 2.25. The predicted octanol–water partition coefficient (Wildman–Crippen LogP) is 2.49. The van der Waals surface area contributed by atoms with E-state index >= 15 is 0 Å². The molecule has 22 heavy (non-hydrogen) atoms. The summed E-state index contributed by atoms with van der Waals surface area (Å²) in [6, 6.07) is -0.684. The normalized spacial score (nSPS) is 13.5. The van der Waals surface area contributed by atoms with Gasteiger partial charge >= 0.3 is 5.97 Å². The Morgan fingerprint density at radius 1 is 1.36 bits per heavy atom. The summed E-state index contributed by atoms with van der Waals surface area (Å²) in [5.41, 5.74) is 0.482. The summed E-state index contributed by atoms with van der Waals surface area (Å²) in [7, 11) is 0. The van der Waals surface area contributed by atoms with Crippen LogP contribution in [-0.4, -0.2) is 36.9 Å². The maximum Gasteiger partial charge on any atom is 0.326 e. The van der Waals surface area contributed by atoms with Gasteiger partial charge in [-0.1, -0.05) is 13.8 Å². The Bertz CT molecular complexity index is 672. The second-order valence-corrected chi connectivity index (χ2v) is 6.85. The first kappa shape index (κ1) is 16.2. The van der Waals surface area contributed by atoms with E-state index in [4.69, 9.17) is 0 Å². The molecule has 0 aliphatic carbocycles. The first-order valence-electron chi connectivity index (χ1n) is 7.38. The van der Waals surface area contributed by atoms with Crippen molar-refractivity contribution in [2.45, 2.75) is 52.6 Å². The van der Waals surface area contributed by atoms with Crippen LogP contribution in [0.3, 0.4) is 0 Å². The first-order valence-corrected chi connectivity index (χ1v) is 7.38. The summed E-state index contributed by atoms with van der Waals surface area (Å²) < 4.78 is 1.81. The number of fused-ring (bicyclic) bond motifs is 1. The highest BCUT2D eigenvalue weighted by molar-refractivity contribution is 5.88. The Kier molecular flexibility index (Phi) is 4.35. The van der Waals surface area contributed by atoms with E-state index in [1.807, 2.05) is 39.3 Å². The Balaban J connectivity index is 2.40. The second kappa shape index (κ2) is 5.90. The third-order valence-corrected chi connectivity index (χ3v) is 3.32. The molecule has 2 aromatic heterocycles. The maximum atomic E-state index is 11.4. The molecule has 2 aromatic rings. The van der Waals surface area contributed by atoms with E-state index in [1.54, 1.807) is 6.20 Å². The summed E-state index contributed by atoms with van der Waals surface area (Å²) in [4.78, 5) is 19.9. The van der Waals surface area contributed by atoms with Crippen LogP contribution in [-0.2, 0) is 10.3 Å². The molecule has 2 heterocycles. The number of carboxylic acid groups (broad SMARTS) is 1. The molecule has 0 aliphatic heterocycles. The van der Waals surface area contributed by atoms with Crippen LogP contribution in [0.5, 0.6) is 0 Å². The molecule has 0 saturated heterocycles. The van der Waals surface area contributed by atoms with Gasteiger partial charge in [0.25, 0.3) is 0 Å². The van der Waals surface area contributed by atoms with Gasteiger partial charge in [0.05, 0.1) is 17.1 Å². The molecule has 7 nitrogen and oxygen atoms in total. The fourth-order valence-electron chi connectivity index (χ4n) is 2.31. The van der Waals surface area contributed by atoms with Crippen molar-refractivity contribution in [3.63, 3.8) is 0 Å². The van der Waals surface area contributed by atoms with E-state index in [0.29, 0.717) is 17.9 Å². The van der Waals surface area contributed by atoms with Gasteiger partial charge < -0.3 is 10.4 Å². The summed E-state index contributed by atoms with van der Waals surface area (Å²) in [5, 5.41) is 17.5. The molecule has 0 bridgehead atoms. The number of anilines is 1. The fourth-order valence-corrected chi connectivity index (χ4v) is 2.31. The van der Waals surface area contributed by atoms with E-state index in [1.165, 1.54) is 6.33 Å². The number of carboxylic acids is 1. The van der Waals surface area contributed by atoms with Crippen molar-refractivity contribution in [2.24, 2.45) is 5.92 Å². The molecular formula is C15H23N5O2. The number of hydrogen-bond donors (Lipinski definition) is 2. The van der Waals surface area contributed by atoms with E-state index < -0.39 is 12.0 Å². The van der Waals surface area contributed by atoms with Crippen LogP contribution in [0.2, 0.25) is 0 Å². The number of aliphatic carboxylic acids is 1. The third-order valence-electron chi connectivity index (χ3n) is 3.32. The zero-order chi connectivity index (χ0) is 16.5. The molecule has 2 N–H and O–H groups in total. The van der Waals surface area contributed by atoms with Gasteiger partial charge in [0.1, 0.15) is 18.2 Å². The average molecular weight is 305 g/mol. The maximum absolute atomic E-state index is 11.4. The minimum absolute atomic E-state index is 0.211. The largest absolute Gasteiger partial charge is 0.480 e. The Morgan fingerprint density at radius 2 is 2.05 bits per heavy atom. The van der Waals surface area contributed by atoms with E-state index in [0.717, 1.165) is 5.39 Å². The van der Waals surface area contributed by atoms with Crippen molar-refractivity contribution >= 4 is 22.8 Å². The van der Waals surface area contributed by atoms with Gasteiger partial charge in [0.2, 0.25) is 0 Å². The Labute approximate surface area is 129 Å². The van der Waals surface area contributed by atoms with Crippen LogP contribution in [0.25, 0.3) is 11.0 Å². The molecule has 0 unspecified atom stereocenters. The summed E-state index contributed by atoms with van der Waals surface area (Å²) in [5.74, 6) is -0.111. The lowest BCUT2D eigenvalue weighted by Crippen LogP contribution is -2.31. The van der Waals surface area contributed by atoms with Crippen molar-refractivity contribution in [2.75, 3.05) is 5.32 Å². The van der Waals surface area contributed by atoms with Gasteiger partial charge in [-0.15, -0.1) is 0 Å². The summed E-state index contributed by atoms with van der Waals surface area (Å²) >= 11 is 0. The molecule has 1 atom stereocenters. The van der Waals surface area contributed by atoms with Crippen molar-refractivity contribution in [3.05, 3.63) is 12.5 Å². The lowest BCUT2D eigenvalue weighted by Gasteiger charge is -2.20. The van der Waals surface area contributed by atoms with Crippen molar-refractivity contribution in [1.82, 2.24) is 19.7 Å². The minimum atomic E-state index is -0.885. The molecule has 0 aromatic carbocycles. The van der Waals surface area contributed by atoms with Crippen molar-refractivity contribution in [1.29, 1.82) is 0 Å². The number of nitrogens with one attached hydrogen (secondary N) is 1. The van der Waals surface area contributed by atoms with Crippen molar-refractivity contribution < 1.29 is 9.90 Å². The van der Waals surface area contributed by atoms with Crippen LogP contribution < -0.4 is 5.32 Å². The Morgan fingerprint density at radius 3 is 2.59 bits per heavy atom. The minimum Gasteiger partial charge on any atom is -0.480 e. The molecule has 0 aliphatic rings. The predicted molar refractivity (Wildman–Crippen MR) is 84.8 cm³/mol. The molecule has 0 saturated carbocycles. The first-order chi connectivity index (χ1) is 10.2. The smallest absolute Gasteiger partial charge is 0.326 e. The average Bonchev–Trinajstić information content (AvgIpc) is 2.81. The number of hydrogen-bond acceptors (Lipinski definition) is 5. The van der Waals surface area contributed by atoms with E-state index in [9.17, 15) is 9.90 Å². The van der Waals surface area contributed by atoms with E-state index in [2.05, 4.69) is 20.4 Å². The number of aromatic nitrogens is 4. The zero-order valence-corrected chi connectivity index (χ0v) is 13.7. The van der Waals surface area contributed by atoms with Crippen LogP contribution >= 0.6 is 0 Å². The molecule has 0 radical (unpaired) electrons. The van der Waals surface area contributed by atoms with Gasteiger partial charge in [-0.05, 0) is 33.1 Å². The number of carbonyl (C=O) groups is 1. The van der Waals surface area contributed by atoms with Gasteiger partial charge in [0.15, 0.2) is 5.65 Å². The van der Waals surface area contributed by atoms with Gasteiger partial charge in [-0.25, -0.2) is 19.4 Å². The monoisotopic (exact) mass is 305 g/mol. The molecule has 0 amide bonds. The number of nitrogens with zero attached hydrogens (tertiary/aromatic N) is 4. The SMILES string of the molecule is CC(C)C[C@H](Nc1ncnc2c1cnn2C(C)(C)C)C(=O)O. The second-order valence-electron chi connectivity index (χ2n) is 6.85. The van der Waals surface area contributed by atoms with Gasteiger partial charge in [0, 0.05) is 0 Å². The van der Waals surface area contributed by atoms with Crippen LogP contribution in [0.4, 0.5) is 5.82 Å². The Hall–Kier alpha value is -2.18. The highest BCUT2D eigenvalue weighted by Gasteiger charge is 2.23. The quantitative estimate of drug-likeness (QED) is 0.881. The standard InChI is InChI=1S/C15H23N5O2/c1-9(2)6-11(14(21)22)19-12-10-7-18-20(15(3,4)5)13(10)17-8-16-12/h7-9,11H,6H2,1-5H3,(H,21,22)(H,16,17,19)/t11-/m0/s1. The van der Waals surface area contributed by atoms with Gasteiger partial charge in [-0.3, -0.25) is 0 Å². The molecular weight excluding hydrogens is 282 g/mol. The third kappa shape index (κ3) is 3.35. The topological polar surface area (TPSA) is 92.9 Å². The van der Waals surface area contributed by atoms with Gasteiger partial charge in [-0.2, -0.15) is 5.10 Å². The van der Waals surface area contributed by atoms with Crippen LogP contribution in [0, 0.1) is 5.92 Å². The van der Waals surface area contributed by atoms with Crippen LogP contribution in [0.15, 0.2) is 12.5 Å². The summed E-state index contributed by atoms with van der Waals surface area (Å²) in [6.45, 7) is 10.1. The van der Waals surface area contributed by atoms with Crippen molar-refractivity contribution in [3.8, 4) is 0 Å². The van der Waals surface area contributed by atoms with E-state index in [-0.39, 0.29) is 11.5 Å². The lowest BCUT2D eigenvalue weighted by atomic mass is 10.0. The van der Waals surface area contributed by atoms with Crippen LogP contribution in [0.1, 0.15) is 41.0 Å². The fraction of sp³-hybridized carbons (Fsp3) is 0.600. The zero-order valence-electron chi connectivity index (χ0n) is 13.7. The highest BCUT2D eigenvalue weighted by atomic mass is 16.4. The molecule has 0 spiro atoms. The lowest BCUT2D eigenvalue weighted by molar-refractivity contribution is -0.138. The molecule has 0 fully saturated rings. The summed E-state index contributed by atoms with van der Waals surface area (Å²) in [6.07, 6.45) is 3.63.